The lowest BCUT2D eigenvalue weighted by Gasteiger charge is -2.42. The van der Waals surface area contributed by atoms with Crippen LogP contribution in [-0.4, -0.2) is 0 Å². The monoisotopic (exact) mass is 424 g/mol. The van der Waals surface area contributed by atoms with Crippen molar-refractivity contribution in [3.8, 4) is 0 Å². The normalized spacial score (nSPS) is 26.5. The molecule has 0 heterocycles. The predicted molar refractivity (Wildman–Crippen MR) is 127 cm³/mol. The van der Waals surface area contributed by atoms with Gasteiger partial charge in [0.1, 0.15) is 11.6 Å². The van der Waals surface area contributed by atoms with Gasteiger partial charge in [-0.25, -0.2) is 8.78 Å². The number of unbranched alkanes of at least 4 members (excludes halogenated alkanes) is 1. The second-order valence-corrected chi connectivity index (χ2v) is 10.1. The first-order valence-corrected chi connectivity index (χ1v) is 12.6. The predicted octanol–water partition coefficient (Wildman–Crippen LogP) is 9.12. The van der Waals surface area contributed by atoms with Crippen LogP contribution in [0.25, 0.3) is 10.8 Å². The number of halogens is 2. The summed E-state index contributed by atoms with van der Waals surface area (Å²) in [6, 6.07) is 7.28. The number of aryl methyl sites for hydroxylation is 1. The molecular weight excluding hydrogens is 386 g/mol. The van der Waals surface area contributed by atoms with E-state index in [-0.39, 0.29) is 17.6 Å². The van der Waals surface area contributed by atoms with E-state index in [0.717, 1.165) is 48.0 Å². The molecule has 0 aliphatic heterocycles. The van der Waals surface area contributed by atoms with Crippen molar-refractivity contribution in [2.24, 2.45) is 17.8 Å². The minimum Gasteiger partial charge on any atom is -0.207 e. The molecule has 0 radical (unpaired) electrons. The van der Waals surface area contributed by atoms with Gasteiger partial charge in [0.2, 0.25) is 0 Å². The Morgan fingerprint density at radius 3 is 2.61 bits per heavy atom. The van der Waals surface area contributed by atoms with Gasteiger partial charge in [-0.15, -0.1) is 0 Å². The molecule has 4 unspecified atom stereocenters. The SMILES string of the molecule is CC=CCCc1ccc2cc(C3CCC4CC(CCCC)CCC4C3)c(F)cc2c1F. The lowest BCUT2D eigenvalue weighted by molar-refractivity contribution is 0.112. The van der Waals surface area contributed by atoms with Gasteiger partial charge in [0, 0.05) is 5.39 Å². The van der Waals surface area contributed by atoms with E-state index in [1.165, 1.54) is 51.0 Å². The van der Waals surface area contributed by atoms with E-state index in [9.17, 15) is 0 Å². The maximum atomic E-state index is 15.2. The van der Waals surface area contributed by atoms with E-state index in [1.807, 2.05) is 37.3 Å². The quantitative estimate of drug-likeness (QED) is 0.389. The van der Waals surface area contributed by atoms with Crippen molar-refractivity contribution in [2.45, 2.75) is 90.4 Å². The van der Waals surface area contributed by atoms with Crippen molar-refractivity contribution in [1.29, 1.82) is 0 Å². The zero-order valence-corrected chi connectivity index (χ0v) is 19.3. The van der Waals surface area contributed by atoms with Crippen LogP contribution in [0.4, 0.5) is 8.78 Å². The summed E-state index contributed by atoms with van der Waals surface area (Å²) < 4.78 is 30.2. The number of allylic oxidation sites excluding steroid dienone is 2. The Labute approximate surface area is 187 Å². The Bertz CT molecular complexity index is 913. The highest BCUT2D eigenvalue weighted by Gasteiger charge is 2.36. The fourth-order valence-electron chi connectivity index (χ4n) is 6.31. The minimum absolute atomic E-state index is 0.211. The van der Waals surface area contributed by atoms with Gasteiger partial charge in [-0.3, -0.25) is 0 Å². The molecule has 0 aromatic heterocycles. The first kappa shape index (κ1) is 22.5. The molecule has 168 valence electrons. The largest absolute Gasteiger partial charge is 0.207 e. The summed E-state index contributed by atoms with van der Waals surface area (Å²) in [6.07, 6.45) is 17.0. The first-order chi connectivity index (χ1) is 15.1. The molecule has 0 saturated heterocycles. The van der Waals surface area contributed by atoms with Crippen molar-refractivity contribution in [3.63, 3.8) is 0 Å². The molecule has 0 amide bonds. The lowest BCUT2D eigenvalue weighted by atomic mass is 9.63. The molecule has 31 heavy (non-hydrogen) atoms. The van der Waals surface area contributed by atoms with E-state index >= 15 is 8.78 Å². The van der Waals surface area contributed by atoms with Crippen molar-refractivity contribution >= 4 is 10.8 Å². The van der Waals surface area contributed by atoms with Gasteiger partial charge in [-0.05, 0) is 104 Å². The third-order valence-corrected chi connectivity index (χ3v) is 8.09. The fraction of sp³-hybridized carbons (Fsp3) is 0.586. The molecule has 2 aliphatic rings. The number of rotatable bonds is 7. The second kappa shape index (κ2) is 10.3. The molecule has 4 atom stereocenters. The smallest absolute Gasteiger partial charge is 0.134 e. The summed E-state index contributed by atoms with van der Waals surface area (Å²) >= 11 is 0. The van der Waals surface area contributed by atoms with Gasteiger partial charge in [0.15, 0.2) is 0 Å². The maximum Gasteiger partial charge on any atom is 0.134 e. The van der Waals surface area contributed by atoms with E-state index < -0.39 is 0 Å². The summed E-state index contributed by atoms with van der Waals surface area (Å²) in [5.41, 5.74) is 1.50. The van der Waals surface area contributed by atoms with Gasteiger partial charge in [0.25, 0.3) is 0 Å². The lowest BCUT2D eigenvalue weighted by Crippen LogP contribution is -2.30. The zero-order chi connectivity index (χ0) is 21.8. The highest BCUT2D eigenvalue weighted by molar-refractivity contribution is 5.85. The van der Waals surface area contributed by atoms with Crippen molar-refractivity contribution in [1.82, 2.24) is 0 Å². The van der Waals surface area contributed by atoms with E-state index in [0.29, 0.717) is 17.4 Å². The summed E-state index contributed by atoms with van der Waals surface area (Å²) in [6.45, 7) is 4.25. The molecule has 0 bridgehead atoms. The molecule has 2 heteroatoms. The van der Waals surface area contributed by atoms with E-state index in [1.54, 1.807) is 0 Å². The van der Waals surface area contributed by atoms with Crippen molar-refractivity contribution < 1.29 is 8.78 Å². The molecular formula is C29H38F2. The van der Waals surface area contributed by atoms with Gasteiger partial charge in [0.05, 0.1) is 0 Å². The molecule has 2 aromatic carbocycles. The summed E-state index contributed by atoms with van der Waals surface area (Å²) in [4.78, 5) is 0. The number of benzene rings is 2. The van der Waals surface area contributed by atoms with Gasteiger partial charge < -0.3 is 0 Å². The first-order valence-electron chi connectivity index (χ1n) is 12.6. The number of hydrogen-bond donors (Lipinski definition) is 0. The van der Waals surface area contributed by atoms with Crippen LogP contribution in [0.5, 0.6) is 0 Å². The van der Waals surface area contributed by atoms with Gasteiger partial charge in [-0.1, -0.05) is 56.9 Å². The van der Waals surface area contributed by atoms with Crippen LogP contribution >= 0.6 is 0 Å². The average molecular weight is 425 g/mol. The third kappa shape index (κ3) is 5.04. The Morgan fingerprint density at radius 2 is 1.81 bits per heavy atom. The number of hydrogen-bond acceptors (Lipinski definition) is 0. The number of fused-ring (bicyclic) bond motifs is 2. The highest BCUT2D eigenvalue weighted by atomic mass is 19.1. The van der Waals surface area contributed by atoms with E-state index in [2.05, 4.69) is 6.92 Å². The molecule has 2 aliphatic carbocycles. The standard InChI is InChI=1S/C29H38F2/c1-3-5-7-9-21-12-14-25-18-26(28(30)19-27(25)29(21)31)24-15-13-22-16-20(8-6-4-2)10-11-23(22)17-24/h3,5,12,14,18-20,22-24H,4,6-11,13,15-17H2,1-2H3. The van der Waals surface area contributed by atoms with E-state index in [4.69, 9.17) is 0 Å². The Hall–Kier alpha value is -1.70. The summed E-state index contributed by atoms with van der Waals surface area (Å²) in [7, 11) is 0. The molecule has 2 aromatic rings. The third-order valence-electron chi connectivity index (χ3n) is 8.09. The van der Waals surface area contributed by atoms with Crippen LogP contribution in [0.2, 0.25) is 0 Å². The van der Waals surface area contributed by atoms with Crippen LogP contribution in [0.15, 0.2) is 36.4 Å². The van der Waals surface area contributed by atoms with Crippen LogP contribution in [-0.2, 0) is 6.42 Å². The molecule has 0 nitrogen and oxygen atoms in total. The summed E-state index contributed by atoms with van der Waals surface area (Å²) in [5, 5.41) is 1.28. The maximum absolute atomic E-state index is 15.2. The minimum atomic E-state index is -0.249. The van der Waals surface area contributed by atoms with Gasteiger partial charge in [-0.2, -0.15) is 0 Å². The van der Waals surface area contributed by atoms with Crippen LogP contribution in [0, 0.1) is 29.4 Å². The average Bonchev–Trinajstić information content (AvgIpc) is 2.79. The van der Waals surface area contributed by atoms with Crippen LogP contribution < -0.4 is 0 Å². The second-order valence-electron chi connectivity index (χ2n) is 10.1. The fourth-order valence-corrected chi connectivity index (χ4v) is 6.31. The van der Waals surface area contributed by atoms with Crippen LogP contribution in [0.1, 0.15) is 95.1 Å². The molecule has 0 N–H and O–H groups in total. The van der Waals surface area contributed by atoms with Crippen molar-refractivity contribution in [3.05, 3.63) is 59.2 Å². The van der Waals surface area contributed by atoms with Crippen molar-refractivity contribution in [2.75, 3.05) is 0 Å². The summed E-state index contributed by atoms with van der Waals surface area (Å²) in [5.74, 6) is 2.33. The Kier molecular flexibility index (Phi) is 7.46. The topological polar surface area (TPSA) is 0 Å². The van der Waals surface area contributed by atoms with Crippen LogP contribution in [0.3, 0.4) is 0 Å². The Balaban J connectivity index is 1.49. The highest BCUT2D eigenvalue weighted by Crippen LogP contribution is 2.49. The molecule has 4 rings (SSSR count). The zero-order valence-electron chi connectivity index (χ0n) is 19.3. The molecule has 0 spiro atoms. The molecule has 2 saturated carbocycles. The Morgan fingerprint density at radius 1 is 1.00 bits per heavy atom. The molecule has 2 fully saturated rings. The van der Waals surface area contributed by atoms with Gasteiger partial charge >= 0.3 is 0 Å².